The molecule has 15 nitrogen and oxygen atoms in total. The average Bonchev–Trinajstić information content (AvgIpc) is 2.98. The summed E-state index contributed by atoms with van der Waals surface area (Å²) in [7, 11) is 6.50. The largest absolute Gasteiger partial charge is 0.507 e. The highest BCUT2D eigenvalue weighted by Gasteiger charge is 2.69. The summed E-state index contributed by atoms with van der Waals surface area (Å²) in [5.74, 6) is -12.1. The number of Topliss-reactive ketones (excluding diaryl/α,β-unsaturated/α-hetero) is 4. The Bertz CT molecular complexity index is 1600. The maximum atomic E-state index is 14.4. The molecule has 0 radical (unpaired) electrons. The normalized spacial score (nSPS) is 26.4. The number of carbonyl (C=O) groups is 7. The molecule has 49 heavy (non-hydrogen) atoms. The Hall–Kier alpha value is -4.37. The first kappa shape index (κ1) is 37.4. The summed E-state index contributed by atoms with van der Waals surface area (Å²) in [6.45, 7) is 6.51. The Morgan fingerprint density at radius 3 is 2.20 bits per heavy atom. The van der Waals surface area contributed by atoms with Gasteiger partial charge in [0.1, 0.15) is 5.75 Å². The van der Waals surface area contributed by atoms with Crippen LogP contribution >= 0.6 is 0 Å². The zero-order valence-corrected chi connectivity index (χ0v) is 29.2. The summed E-state index contributed by atoms with van der Waals surface area (Å²) in [5, 5.41) is 23.5. The van der Waals surface area contributed by atoms with Crippen molar-refractivity contribution in [2.75, 3.05) is 46.4 Å². The van der Waals surface area contributed by atoms with E-state index in [1.807, 2.05) is 20.8 Å². The fourth-order valence-electron chi connectivity index (χ4n) is 7.53. The number of ketones is 4. The van der Waals surface area contributed by atoms with Gasteiger partial charge in [0.05, 0.1) is 24.1 Å². The molecule has 15 heteroatoms. The van der Waals surface area contributed by atoms with Crippen molar-refractivity contribution in [3.8, 4) is 5.75 Å². The highest BCUT2D eigenvalue weighted by atomic mass is 16.7. The van der Waals surface area contributed by atoms with E-state index in [0.717, 1.165) is 0 Å². The summed E-state index contributed by atoms with van der Waals surface area (Å²) >= 11 is 0. The summed E-state index contributed by atoms with van der Waals surface area (Å²) in [6, 6.07) is 0.432. The van der Waals surface area contributed by atoms with Gasteiger partial charge in [-0.25, -0.2) is 4.79 Å². The van der Waals surface area contributed by atoms with Crippen LogP contribution in [0, 0.1) is 29.1 Å². The number of fused-ring (bicyclic) bond motifs is 3. The van der Waals surface area contributed by atoms with Gasteiger partial charge in [-0.05, 0) is 49.9 Å². The number of anilines is 1. The molecule has 0 heterocycles. The number of rotatable bonds is 9. The zero-order valence-electron chi connectivity index (χ0n) is 29.2. The fourth-order valence-corrected chi connectivity index (χ4v) is 7.53. The monoisotopic (exact) mass is 686 g/mol. The minimum absolute atomic E-state index is 0.0763. The standard InChI is InChI=1S/C34H46N4O11/c1-9-21(39)48-15-49-32(46)38(14-33(2,3)4)13-17-12-20(36(5)6)18-10-16-11-19-25(37(7)8)28(42)24(31(35)45)30(44)34(19,47)29(43)22(16)27(41)23(18)26(17)40/h12,16,19,22,24-25,40,47H,9-11,13-15H2,1-8H3,(H2,35,45)/t16-,19-,22?,24?,25-,34-/m0/s1. The maximum Gasteiger partial charge on any atom is 0.412 e. The Morgan fingerprint density at radius 2 is 1.67 bits per heavy atom. The molecule has 4 N–H and O–H groups in total. The van der Waals surface area contributed by atoms with Crippen molar-refractivity contribution in [1.29, 1.82) is 0 Å². The van der Waals surface area contributed by atoms with Gasteiger partial charge in [0.25, 0.3) is 0 Å². The summed E-state index contributed by atoms with van der Waals surface area (Å²) in [5.41, 5.74) is 3.03. The molecule has 0 aliphatic heterocycles. The fraction of sp³-hybridized carbons (Fsp3) is 0.618. The van der Waals surface area contributed by atoms with Crippen molar-refractivity contribution < 1.29 is 53.2 Å². The number of carbonyl (C=O) groups excluding carboxylic acids is 7. The topological polar surface area (TPSA) is 214 Å². The van der Waals surface area contributed by atoms with E-state index >= 15 is 0 Å². The third-order valence-electron chi connectivity index (χ3n) is 9.57. The highest BCUT2D eigenvalue weighted by molar-refractivity contribution is 6.32. The lowest BCUT2D eigenvalue weighted by molar-refractivity contribution is -0.181. The Balaban J connectivity index is 1.79. The van der Waals surface area contributed by atoms with Gasteiger partial charge in [-0.2, -0.15) is 0 Å². The second-order valence-corrected chi connectivity index (χ2v) is 14.8. The van der Waals surface area contributed by atoms with E-state index in [2.05, 4.69) is 0 Å². The van der Waals surface area contributed by atoms with Crippen molar-refractivity contribution in [3.05, 3.63) is 22.8 Å². The van der Waals surface area contributed by atoms with Gasteiger partial charge >= 0.3 is 12.1 Å². The predicted octanol–water partition coefficient (Wildman–Crippen LogP) is 0.828. The predicted molar refractivity (Wildman–Crippen MR) is 173 cm³/mol. The van der Waals surface area contributed by atoms with Crippen LogP contribution < -0.4 is 10.6 Å². The number of esters is 1. The van der Waals surface area contributed by atoms with Crippen LogP contribution in [0.3, 0.4) is 0 Å². The molecule has 6 atom stereocenters. The number of nitrogens with two attached hydrogens (primary N) is 1. The van der Waals surface area contributed by atoms with Crippen molar-refractivity contribution in [3.63, 3.8) is 0 Å². The van der Waals surface area contributed by atoms with E-state index in [1.54, 1.807) is 32.0 Å². The van der Waals surface area contributed by atoms with Gasteiger partial charge < -0.3 is 35.2 Å². The number of primary amides is 1. The molecule has 3 aliphatic carbocycles. The molecule has 4 rings (SSSR count). The molecule has 1 aromatic carbocycles. The molecule has 0 aromatic heterocycles. The van der Waals surface area contributed by atoms with Gasteiger partial charge in [0.2, 0.25) is 12.7 Å². The second-order valence-electron chi connectivity index (χ2n) is 14.8. The Morgan fingerprint density at radius 1 is 1.04 bits per heavy atom. The molecule has 0 spiro atoms. The molecular formula is C34H46N4O11. The quantitative estimate of drug-likeness (QED) is 0.187. The Kier molecular flexibility index (Phi) is 10.3. The highest BCUT2D eigenvalue weighted by Crippen LogP contribution is 2.52. The number of phenols is 1. The molecule has 2 saturated carbocycles. The van der Waals surface area contributed by atoms with E-state index in [9.17, 15) is 43.8 Å². The van der Waals surface area contributed by atoms with Crippen molar-refractivity contribution in [1.82, 2.24) is 9.80 Å². The molecule has 2 fully saturated rings. The first-order valence-corrected chi connectivity index (χ1v) is 16.1. The lowest BCUT2D eigenvalue weighted by Crippen LogP contribution is -2.74. The number of hydrogen-bond donors (Lipinski definition) is 3. The van der Waals surface area contributed by atoms with Crippen LogP contribution in [0.2, 0.25) is 0 Å². The smallest absolute Gasteiger partial charge is 0.412 e. The van der Waals surface area contributed by atoms with Crippen LogP contribution in [0.1, 0.15) is 62.0 Å². The molecule has 3 aliphatic rings. The van der Waals surface area contributed by atoms with E-state index in [0.29, 0.717) is 11.3 Å². The molecular weight excluding hydrogens is 640 g/mol. The van der Waals surface area contributed by atoms with Crippen LogP contribution in [0.15, 0.2) is 6.07 Å². The number of phenolic OH excluding ortho intramolecular Hbond substituents is 1. The molecule has 2 unspecified atom stereocenters. The Labute approximate surface area is 284 Å². The first-order chi connectivity index (χ1) is 22.7. The SMILES string of the molecule is CCC(=O)OCOC(=O)N(Cc1cc(N(C)C)c2c(c1O)C(=O)C1C(=O)[C@]3(O)C(=O)C(C(N)=O)C(=O)[C@@H](N(C)C)[C@@H]3C[C@@H]1C2)CC(C)(C)C. The average molecular weight is 687 g/mol. The number of likely N-dealkylation sites (N-methyl/N-ethyl adjacent to an activating group) is 1. The number of amides is 2. The summed E-state index contributed by atoms with van der Waals surface area (Å²) in [6.07, 6.45) is -0.740. The second kappa shape index (κ2) is 13.5. The van der Waals surface area contributed by atoms with E-state index in [4.69, 9.17) is 15.2 Å². The minimum atomic E-state index is -2.84. The number of aliphatic hydroxyl groups is 1. The molecule has 0 saturated heterocycles. The number of nitrogens with zero attached hydrogens (tertiary/aromatic N) is 3. The van der Waals surface area contributed by atoms with Gasteiger partial charge in [-0.15, -0.1) is 0 Å². The van der Waals surface area contributed by atoms with E-state index < -0.39 is 94.4 Å². The van der Waals surface area contributed by atoms with Gasteiger partial charge in [-0.1, -0.05) is 27.7 Å². The summed E-state index contributed by atoms with van der Waals surface area (Å²) in [4.78, 5) is 96.9. The van der Waals surface area contributed by atoms with Gasteiger partial charge in [0.15, 0.2) is 34.7 Å². The molecule has 2 amide bonds. The van der Waals surface area contributed by atoms with E-state index in [-0.39, 0.29) is 43.5 Å². The van der Waals surface area contributed by atoms with Crippen LogP contribution in [-0.2, 0) is 46.4 Å². The third kappa shape index (κ3) is 6.65. The lowest BCUT2D eigenvalue weighted by Gasteiger charge is -2.52. The van der Waals surface area contributed by atoms with E-state index in [1.165, 1.54) is 23.9 Å². The number of aromatic hydroxyl groups is 1. The molecule has 0 bridgehead atoms. The van der Waals surface area contributed by atoms with Crippen LogP contribution in [0.4, 0.5) is 10.5 Å². The van der Waals surface area contributed by atoms with Crippen LogP contribution in [0.25, 0.3) is 0 Å². The number of benzene rings is 1. The van der Waals surface area contributed by atoms with Crippen molar-refractivity contribution in [2.45, 2.75) is 65.1 Å². The van der Waals surface area contributed by atoms with Crippen LogP contribution in [-0.4, -0.2) is 114 Å². The van der Waals surface area contributed by atoms with Gasteiger partial charge in [-0.3, -0.25) is 33.7 Å². The zero-order chi connectivity index (χ0) is 36.9. The molecule has 1 aromatic rings. The minimum Gasteiger partial charge on any atom is -0.507 e. The lowest BCUT2D eigenvalue weighted by atomic mass is 9.52. The first-order valence-electron chi connectivity index (χ1n) is 16.1. The molecule has 268 valence electrons. The third-order valence-corrected chi connectivity index (χ3v) is 9.57. The van der Waals surface area contributed by atoms with Gasteiger partial charge in [0, 0.05) is 44.2 Å². The summed E-state index contributed by atoms with van der Waals surface area (Å²) < 4.78 is 10.1. The van der Waals surface area contributed by atoms with Crippen molar-refractivity contribution in [2.24, 2.45) is 34.8 Å². The maximum absolute atomic E-state index is 14.4. The van der Waals surface area contributed by atoms with Crippen LogP contribution in [0.5, 0.6) is 5.75 Å². The van der Waals surface area contributed by atoms with Crippen molar-refractivity contribution >= 4 is 46.8 Å². The number of hydrogen-bond acceptors (Lipinski definition) is 13. The number of ether oxygens (including phenoxy) is 2.